The van der Waals surface area contributed by atoms with Crippen molar-refractivity contribution in [3.05, 3.63) is 33.8 Å². The molecular formula is C18H30BrN. The summed E-state index contributed by atoms with van der Waals surface area (Å²) in [5.41, 5.74) is 2.70. The van der Waals surface area contributed by atoms with Gasteiger partial charge in [0.15, 0.2) is 0 Å². The molecule has 0 spiro atoms. The molecule has 0 amide bonds. The van der Waals surface area contributed by atoms with E-state index in [0.29, 0.717) is 6.04 Å². The summed E-state index contributed by atoms with van der Waals surface area (Å²) in [4.78, 5) is 0. The second kappa shape index (κ2) is 10.4. The van der Waals surface area contributed by atoms with Crippen molar-refractivity contribution in [2.24, 2.45) is 0 Å². The number of hydrogen-bond donors (Lipinski definition) is 1. The fourth-order valence-electron chi connectivity index (χ4n) is 2.61. The molecule has 1 unspecified atom stereocenters. The van der Waals surface area contributed by atoms with Crippen LogP contribution >= 0.6 is 15.9 Å². The average molecular weight is 340 g/mol. The number of rotatable bonds is 10. The fraction of sp³-hybridized carbons (Fsp3) is 0.667. The lowest BCUT2D eigenvalue weighted by atomic mass is 9.99. The Hall–Kier alpha value is -0.340. The van der Waals surface area contributed by atoms with Gasteiger partial charge >= 0.3 is 0 Å². The van der Waals surface area contributed by atoms with Crippen LogP contribution in [-0.2, 0) is 0 Å². The van der Waals surface area contributed by atoms with Gasteiger partial charge in [0.2, 0.25) is 0 Å². The van der Waals surface area contributed by atoms with Crippen LogP contribution in [0.2, 0.25) is 0 Å². The largest absolute Gasteiger partial charge is 0.313 e. The number of unbranched alkanes of at least 4 members (excludes halogenated alkanes) is 6. The zero-order valence-electron chi connectivity index (χ0n) is 13.3. The van der Waals surface area contributed by atoms with Gasteiger partial charge in [-0.2, -0.15) is 0 Å². The Balaban J connectivity index is 2.30. The molecule has 1 rings (SSSR count). The predicted octanol–water partition coefficient (Wildman–Crippen LogP) is 6.16. The molecule has 1 N–H and O–H groups in total. The molecule has 20 heavy (non-hydrogen) atoms. The van der Waals surface area contributed by atoms with E-state index in [0.717, 1.165) is 0 Å². The quantitative estimate of drug-likeness (QED) is 0.503. The van der Waals surface area contributed by atoms with Gasteiger partial charge in [-0.1, -0.05) is 79.9 Å². The normalized spacial score (nSPS) is 12.6. The second-order valence-electron chi connectivity index (χ2n) is 5.76. The van der Waals surface area contributed by atoms with Crippen molar-refractivity contribution in [3.63, 3.8) is 0 Å². The Morgan fingerprint density at radius 2 is 1.70 bits per heavy atom. The summed E-state index contributed by atoms with van der Waals surface area (Å²) >= 11 is 3.63. The predicted molar refractivity (Wildman–Crippen MR) is 93.3 cm³/mol. The molecule has 0 aliphatic heterocycles. The first kappa shape index (κ1) is 17.7. The lowest BCUT2D eigenvalue weighted by Crippen LogP contribution is -2.16. The van der Waals surface area contributed by atoms with E-state index in [4.69, 9.17) is 0 Å². The molecule has 0 radical (unpaired) electrons. The summed E-state index contributed by atoms with van der Waals surface area (Å²) < 4.78 is 1.22. The summed E-state index contributed by atoms with van der Waals surface area (Å²) in [5, 5.41) is 3.46. The Bertz CT molecular complexity index is 376. The summed E-state index contributed by atoms with van der Waals surface area (Å²) in [7, 11) is 2.07. The van der Waals surface area contributed by atoms with Crippen LogP contribution in [-0.4, -0.2) is 7.05 Å². The molecule has 0 aromatic heterocycles. The van der Waals surface area contributed by atoms with Crippen LogP contribution in [0, 0.1) is 6.92 Å². The van der Waals surface area contributed by atoms with E-state index >= 15 is 0 Å². The third-order valence-electron chi connectivity index (χ3n) is 4.04. The van der Waals surface area contributed by atoms with E-state index in [9.17, 15) is 0 Å². The molecular weight excluding hydrogens is 310 g/mol. The average Bonchev–Trinajstić information content (AvgIpc) is 2.45. The molecule has 0 aliphatic rings. The smallest absolute Gasteiger partial charge is 0.0317 e. The minimum atomic E-state index is 0.488. The molecule has 1 atom stereocenters. The second-order valence-corrected chi connectivity index (χ2v) is 6.61. The number of hydrogen-bond acceptors (Lipinski definition) is 1. The number of benzene rings is 1. The monoisotopic (exact) mass is 339 g/mol. The molecule has 1 aromatic carbocycles. The molecule has 0 fully saturated rings. The fourth-order valence-corrected chi connectivity index (χ4v) is 3.01. The molecule has 1 aromatic rings. The lowest BCUT2D eigenvalue weighted by molar-refractivity contribution is 0.495. The van der Waals surface area contributed by atoms with Crippen LogP contribution in [0.15, 0.2) is 22.7 Å². The molecule has 0 saturated carbocycles. The highest BCUT2D eigenvalue weighted by Crippen LogP contribution is 2.25. The zero-order valence-corrected chi connectivity index (χ0v) is 14.9. The van der Waals surface area contributed by atoms with Gasteiger partial charge in [-0.15, -0.1) is 0 Å². The van der Waals surface area contributed by atoms with E-state index in [2.05, 4.69) is 60.3 Å². The van der Waals surface area contributed by atoms with Gasteiger partial charge in [-0.05, 0) is 37.6 Å². The number of halogens is 1. The minimum absolute atomic E-state index is 0.488. The first-order chi connectivity index (χ1) is 9.69. The van der Waals surface area contributed by atoms with Crippen LogP contribution in [0.5, 0.6) is 0 Å². The van der Waals surface area contributed by atoms with Crippen molar-refractivity contribution in [1.29, 1.82) is 0 Å². The molecule has 0 aliphatic carbocycles. The summed E-state index contributed by atoms with van der Waals surface area (Å²) in [6.07, 6.45) is 10.9. The van der Waals surface area contributed by atoms with Crippen molar-refractivity contribution in [2.75, 3.05) is 7.05 Å². The van der Waals surface area contributed by atoms with Crippen LogP contribution in [0.4, 0.5) is 0 Å². The van der Waals surface area contributed by atoms with Crippen molar-refractivity contribution >= 4 is 15.9 Å². The van der Waals surface area contributed by atoms with Gasteiger partial charge in [0.1, 0.15) is 0 Å². The van der Waals surface area contributed by atoms with Crippen molar-refractivity contribution in [2.45, 2.75) is 71.3 Å². The van der Waals surface area contributed by atoms with E-state index in [-0.39, 0.29) is 0 Å². The van der Waals surface area contributed by atoms with Gasteiger partial charge in [0.25, 0.3) is 0 Å². The van der Waals surface area contributed by atoms with Gasteiger partial charge in [0, 0.05) is 10.5 Å². The van der Waals surface area contributed by atoms with E-state index in [1.54, 1.807) is 0 Å². The maximum Gasteiger partial charge on any atom is 0.0317 e. The Kier molecular flexibility index (Phi) is 9.21. The van der Waals surface area contributed by atoms with Crippen LogP contribution in [0.25, 0.3) is 0 Å². The standard InChI is InChI=1S/C18H30BrN/c1-4-5-6-7-8-9-10-11-18(20-3)16-13-12-15(2)17(19)14-16/h12-14,18,20H,4-11H2,1-3H3. The van der Waals surface area contributed by atoms with E-state index < -0.39 is 0 Å². The highest BCUT2D eigenvalue weighted by molar-refractivity contribution is 9.10. The van der Waals surface area contributed by atoms with Crippen molar-refractivity contribution < 1.29 is 0 Å². The van der Waals surface area contributed by atoms with Gasteiger partial charge < -0.3 is 5.32 Å². The SMILES string of the molecule is CCCCCCCCCC(NC)c1ccc(C)c(Br)c1. The topological polar surface area (TPSA) is 12.0 Å². The van der Waals surface area contributed by atoms with Crippen LogP contribution < -0.4 is 5.32 Å². The molecule has 1 nitrogen and oxygen atoms in total. The molecule has 0 bridgehead atoms. The molecule has 114 valence electrons. The first-order valence-corrected chi connectivity index (χ1v) is 8.91. The lowest BCUT2D eigenvalue weighted by Gasteiger charge is -2.17. The minimum Gasteiger partial charge on any atom is -0.313 e. The third kappa shape index (κ3) is 6.41. The van der Waals surface area contributed by atoms with E-state index in [1.165, 1.54) is 67.0 Å². The van der Waals surface area contributed by atoms with E-state index in [1.807, 2.05) is 0 Å². The number of aryl methyl sites for hydroxylation is 1. The molecule has 0 heterocycles. The molecule has 2 heteroatoms. The van der Waals surface area contributed by atoms with Gasteiger partial charge in [0.05, 0.1) is 0 Å². The Morgan fingerprint density at radius 3 is 2.30 bits per heavy atom. The Labute approximate surface area is 133 Å². The summed E-state index contributed by atoms with van der Waals surface area (Å²) in [6, 6.07) is 7.21. The third-order valence-corrected chi connectivity index (χ3v) is 4.90. The van der Waals surface area contributed by atoms with Gasteiger partial charge in [-0.3, -0.25) is 0 Å². The summed E-state index contributed by atoms with van der Waals surface area (Å²) in [5.74, 6) is 0. The zero-order chi connectivity index (χ0) is 14.8. The first-order valence-electron chi connectivity index (χ1n) is 8.12. The number of nitrogens with one attached hydrogen (secondary N) is 1. The van der Waals surface area contributed by atoms with Crippen LogP contribution in [0.3, 0.4) is 0 Å². The maximum atomic E-state index is 3.63. The van der Waals surface area contributed by atoms with Gasteiger partial charge in [-0.25, -0.2) is 0 Å². The van der Waals surface area contributed by atoms with Crippen molar-refractivity contribution in [1.82, 2.24) is 5.32 Å². The van der Waals surface area contributed by atoms with Crippen molar-refractivity contribution in [3.8, 4) is 0 Å². The summed E-state index contributed by atoms with van der Waals surface area (Å²) in [6.45, 7) is 4.41. The highest BCUT2D eigenvalue weighted by Gasteiger charge is 2.09. The molecule has 0 saturated heterocycles. The van der Waals surface area contributed by atoms with Crippen LogP contribution in [0.1, 0.15) is 75.5 Å². The maximum absolute atomic E-state index is 3.63. The highest BCUT2D eigenvalue weighted by atomic mass is 79.9. The Morgan fingerprint density at radius 1 is 1.05 bits per heavy atom.